The van der Waals surface area contributed by atoms with Gasteiger partial charge in [-0.05, 0) is 25.8 Å². The fourth-order valence-corrected chi connectivity index (χ4v) is 2.66. The number of likely N-dealkylation sites (tertiary alicyclic amines) is 1. The Bertz CT molecular complexity index is 440. The third-order valence-corrected chi connectivity index (χ3v) is 3.89. The SMILES string of the molecule is CC(NC(=O)N1CCCCCCC1)c1ccccc1O. The Morgan fingerprint density at radius 2 is 1.75 bits per heavy atom. The highest BCUT2D eigenvalue weighted by Crippen LogP contribution is 2.23. The molecule has 1 aliphatic rings. The molecule has 110 valence electrons. The standard InChI is InChI=1S/C16H24N2O2/c1-13(14-9-5-6-10-15(14)19)17-16(20)18-11-7-3-2-4-8-12-18/h5-6,9-10,13,19H,2-4,7-8,11-12H2,1H3,(H,17,20). The zero-order valence-corrected chi connectivity index (χ0v) is 12.1. The van der Waals surface area contributed by atoms with Crippen LogP contribution in [0.3, 0.4) is 0 Å². The average molecular weight is 276 g/mol. The summed E-state index contributed by atoms with van der Waals surface area (Å²) in [6.45, 7) is 3.57. The van der Waals surface area contributed by atoms with E-state index in [0.717, 1.165) is 31.5 Å². The van der Waals surface area contributed by atoms with Gasteiger partial charge in [-0.3, -0.25) is 0 Å². The van der Waals surface area contributed by atoms with E-state index in [9.17, 15) is 9.90 Å². The molecule has 2 N–H and O–H groups in total. The predicted molar refractivity (Wildman–Crippen MR) is 79.7 cm³/mol. The zero-order chi connectivity index (χ0) is 14.4. The molecule has 0 bridgehead atoms. The second kappa shape index (κ2) is 7.17. The third-order valence-electron chi connectivity index (χ3n) is 3.89. The van der Waals surface area contributed by atoms with E-state index >= 15 is 0 Å². The summed E-state index contributed by atoms with van der Waals surface area (Å²) in [5, 5.41) is 12.8. The van der Waals surface area contributed by atoms with Gasteiger partial charge in [-0.15, -0.1) is 0 Å². The number of aromatic hydroxyl groups is 1. The highest BCUT2D eigenvalue weighted by Gasteiger charge is 2.18. The minimum atomic E-state index is -0.186. The maximum atomic E-state index is 12.3. The van der Waals surface area contributed by atoms with Crippen molar-refractivity contribution in [3.63, 3.8) is 0 Å². The van der Waals surface area contributed by atoms with Gasteiger partial charge in [0.2, 0.25) is 0 Å². The molecule has 20 heavy (non-hydrogen) atoms. The zero-order valence-electron chi connectivity index (χ0n) is 12.1. The predicted octanol–water partition coefficient (Wildman–Crippen LogP) is 3.43. The summed E-state index contributed by atoms with van der Waals surface area (Å²) < 4.78 is 0. The molecule has 2 amide bonds. The van der Waals surface area contributed by atoms with E-state index in [0.29, 0.717) is 0 Å². The van der Waals surface area contributed by atoms with Gasteiger partial charge >= 0.3 is 6.03 Å². The van der Waals surface area contributed by atoms with E-state index in [4.69, 9.17) is 0 Å². The van der Waals surface area contributed by atoms with Crippen LogP contribution in [0.25, 0.3) is 0 Å². The molecular weight excluding hydrogens is 252 g/mol. The quantitative estimate of drug-likeness (QED) is 0.869. The number of carbonyl (C=O) groups is 1. The van der Waals surface area contributed by atoms with Gasteiger partial charge in [-0.25, -0.2) is 4.79 Å². The number of hydrogen-bond acceptors (Lipinski definition) is 2. The van der Waals surface area contributed by atoms with E-state index in [1.807, 2.05) is 24.0 Å². The van der Waals surface area contributed by atoms with Crippen molar-refractivity contribution in [3.8, 4) is 5.75 Å². The number of phenols is 1. The summed E-state index contributed by atoms with van der Waals surface area (Å²) in [6, 6.07) is 6.93. The topological polar surface area (TPSA) is 52.6 Å². The molecule has 1 aromatic carbocycles. The molecule has 1 aliphatic heterocycles. The Hall–Kier alpha value is -1.71. The number of rotatable bonds is 2. The van der Waals surface area contributed by atoms with Crippen LogP contribution < -0.4 is 5.32 Å². The van der Waals surface area contributed by atoms with Gasteiger partial charge < -0.3 is 15.3 Å². The Labute approximate surface area is 120 Å². The van der Waals surface area contributed by atoms with Crippen molar-refractivity contribution in [2.75, 3.05) is 13.1 Å². The number of carbonyl (C=O) groups excluding carboxylic acids is 1. The van der Waals surface area contributed by atoms with E-state index in [1.54, 1.807) is 12.1 Å². The fourth-order valence-electron chi connectivity index (χ4n) is 2.66. The summed E-state index contributed by atoms with van der Waals surface area (Å²) in [6.07, 6.45) is 5.86. The smallest absolute Gasteiger partial charge is 0.317 e. The van der Waals surface area contributed by atoms with Crippen LogP contribution in [-0.4, -0.2) is 29.1 Å². The average Bonchev–Trinajstić information content (AvgIpc) is 2.38. The number of benzene rings is 1. The molecule has 0 spiro atoms. The van der Waals surface area contributed by atoms with E-state index in [-0.39, 0.29) is 17.8 Å². The highest BCUT2D eigenvalue weighted by molar-refractivity contribution is 5.74. The van der Waals surface area contributed by atoms with Crippen LogP contribution in [-0.2, 0) is 0 Å². The molecule has 1 atom stereocenters. The first kappa shape index (κ1) is 14.7. The first-order valence-corrected chi connectivity index (χ1v) is 7.52. The number of para-hydroxylation sites is 1. The van der Waals surface area contributed by atoms with E-state index in [1.165, 1.54) is 19.3 Å². The summed E-state index contributed by atoms with van der Waals surface area (Å²) in [5.41, 5.74) is 0.757. The first-order valence-electron chi connectivity index (χ1n) is 7.52. The molecule has 1 saturated heterocycles. The van der Waals surface area contributed by atoms with Crippen LogP contribution >= 0.6 is 0 Å². The molecule has 0 aromatic heterocycles. The Kier molecular flexibility index (Phi) is 5.27. The number of phenolic OH excluding ortho intramolecular Hbond substituents is 1. The molecule has 0 radical (unpaired) electrons. The minimum Gasteiger partial charge on any atom is -0.508 e. The molecule has 4 nitrogen and oxygen atoms in total. The molecule has 1 unspecified atom stereocenters. The Morgan fingerprint density at radius 3 is 2.40 bits per heavy atom. The van der Waals surface area contributed by atoms with Crippen LogP contribution in [0.4, 0.5) is 4.79 Å². The van der Waals surface area contributed by atoms with Crippen LogP contribution in [0.1, 0.15) is 50.6 Å². The first-order chi connectivity index (χ1) is 9.68. The van der Waals surface area contributed by atoms with Gasteiger partial charge in [0.15, 0.2) is 0 Å². The summed E-state index contributed by atoms with van der Waals surface area (Å²) in [5.74, 6) is 0.230. The van der Waals surface area contributed by atoms with Crippen LogP contribution in [0, 0.1) is 0 Å². The molecule has 1 heterocycles. The van der Waals surface area contributed by atoms with E-state index in [2.05, 4.69) is 5.32 Å². The molecule has 1 aromatic rings. The Balaban J connectivity index is 1.94. The normalized spacial score (nSPS) is 17.9. The second-order valence-electron chi connectivity index (χ2n) is 5.48. The number of nitrogens with zero attached hydrogens (tertiary/aromatic N) is 1. The number of amides is 2. The lowest BCUT2D eigenvalue weighted by Crippen LogP contribution is -2.42. The van der Waals surface area contributed by atoms with Gasteiger partial charge in [0, 0.05) is 18.7 Å². The van der Waals surface area contributed by atoms with E-state index < -0.39 is 0 Å². The monoisotopic (exact) mass is 276 g/mol. The maximum Gasteiger partial charge on any atom is 0.317 e. The van der Waals surface area contributed by atoms with Crippen LogP contribution in [0.15, 0.2) is 24.3 Å². The molecule has 4 heteroatoms. The summed E-state index contributed by atoms with van der Waals surface area (Å²) >= 11 is 0. The molecule has 2 rings (SSSR count). The number of urea groups is 1. The number of hydrogen-bond donors (Lipinski definition) is 2. The fraction of sp³-hybridized carbons (Fsp3) is 0.562. The van der Waals surface area contributed by atoms with Crippen LogP contribution in [0.5, 0.6) is 5.75 Å². The minimum absolute atomic E-state index is 0.0253. The van der Waals surface area contributed by atoms with Gasteiger partial charge in [0.05, 0.1) is 6.04 Å². The van der Waals surface area contributed by atoms with Gasteiger partial charge in [-0.2, -0.15) is 0 Å². The van der Waals surface area contributed by atoms with Gasteiger partial charge in [-0.1, -0.05) is 37.5 Å². The maximum absolute atomic E-state index is 12.3. The van der Waals surface area contributed by atoms with Crippen molar-refractivity contribution in [3.05, 3.63) is 29.8 Å². The molecule has 1 fully saturated rings. The molecular formula is C16H24N2O2. The van der Waals surface area contributed by atoms with Gasteiger partial charge in [0.25, 0.3) is 0 Å². The van der Waals surface area contributed by atoms with Crippen molar-refractivity contribution >= 4 is 6.03 Å². The van der Waals surface area contributed by atoms with Crippen molar-refractivity contribution in [1.82, 2.24) is 10.2 Å². The summed E-state index contributed by atoms with van der Waals surface area (Å²) in [4.78, 5) is 14.2. The van der Waals surface area contributed by atoms with Crippen molar-refractivity contribution in [2.24, 2.45) is 0 Å². The lowest BCUT2D eigenvalue weighted by atomic mass is 10.1. The van der Waals surface area contributed by atoms with Crippen LogP contribution in [0.2, 0.25) is 0 Å². The van der Waals surface area contributed by atoms with Crippen molar-refractivity contribution < 1.29 is 9.90 Å². The lowest BCUT2D eigenvalue weighted by molar-refractivity contribution is 0.189. The molecule has 0 saturated carbocycles. The van der Waals surface area contributed by atoms with Crippen molar-refractivity contribution in [2.45, 2.75) is 45.1 Å². The number of nitrogens with one attached hydrogen (secondary N) is 1. The van der Waals surface area contributed by atoms with Crippen molar-refractivity contribution in [1.29, 1.82) is 0 Å². The summed E-state index contributed by atoms with van der Waals surface area (Å²) in [7, 11) is 0. The second-order valence-corrected chi connectivity index (χ2v) is 5.48. The lowest BCUT2D eigenvalue weighted by Gasteiger charge is -2.27. The Morgan fingerprint density at radius 1 is 1.15 bits per heavy atom. The third kappa shape index (κ3) is 3.89. The largest absolute Gasteiger partial charge is 0.508 e. The van der Waals surface area contributed by atoms with Gasteiger partial charge in [0.1, 0.15) is 5.75 Å². The highest BCUT2D eigenvalue weighted by atomic mass is 16.3. The molecule has 0 aliphatic carbocycles.